The zero-order valence-electron chi connectivity index (χ0n) is 23.9. The number of alkyl halides is 1. The third kappa shape index (κ3) is 5.56. The molecular formula is C30H27F4N5O4S. The van der Waals surface area contributed by atoms with Gasteiger partial charge in [0, 0.05) is 38.0 Å². The second kappa shape index (κ2) is 11.8. The molecule has 1 aliphatic heterocycles. The minimum absolute atomic E-state index is 0.0124. The van der Waals surface area contributed by atoms with Crippen molar-refractivity contribution in [1.29, 1.82) is 0 Å². The van der Waals surface area contributed by atoms with Crippen molar-refractivity contribution in [3.05, 3.63) is 88.1 Å². The van der Waals surface area contributed by atoms with Crippen LogP contribution >= 0.6 is 0 Å². The topological polar surface area (TPSA) is 105 Å². The Morgan fingerprint density at radius 3 is 2.36 bits per heavy atom. The minimum Gasteiger partial charge on any atom is -0.350 e. The third-order valence-corrected chi connectivity index (χ3v) is 8.51. The first kappa shape index (κ1) is 30.9. The van der Waals surface area contributed by atoms with E-state index in [2.05, 4.69) is 9.97 Å². The first-order valence-electron chi connectivity index (χ1n) is 13.5. The largest absolute Gasteiger partial charge is 0.355 e. The number of aryl methyl sites for hydroxylation is 1. The number of anilines is 1. The molecule has 230 valence electrons. The molecule has 2 aromatic carbocycles. The maximum atomic E-state index is 15.8. The van der Waals surface area contributed by atoms with Crippen molar-refractivity contribution < 1.29 is 30.8 Å². The number of benzene rings is 2. The van der Waals surface area contributed by atoms with Crippen LogP contribution in [0.2, 0.25) is 0 Å². The molecule has 0 N–H and O–H groups in total. The molecule has 1 amide bonds. The fraction of sp³-hybridized carbons (Fsp3) is 0.267. The van der Waals surface area contributed by atoms with Gasteiger partial charge >= 0.3 is 5.69 Å². The van der Waals surface area contributed by atoms with Crippen LogP contribution in [0.4, 0.5) is 23.4 Å². The Labute approximate surface area is 250 Å². The molecule has 9 nitrogen and oxygen atoms in total. The summed E-state index contributed by atoms with van der Waals surface area (Å²) in [6.07, 6.45) is 3.18. The van der Waals surface area contributed by atoms with Crippen LogP contribution in [-0.4, -0.2) is 72.4 Å². The third-order valence-electron chi connectivity index (χ3n) is 7.39. The van der Waals surface area contributed by atoms with E-state index in [1.54, 1.807) is 24.8 Å². The standard InChI is InChI=1S/C30H27F4N5O4S/c1-17-7-4-10-23(44(3,42)43)27(17)39-29-19(15-22(34)26(35-29)25-20(32)8-5-9-21(25)33)28(36-30(39)41)38-14-13-37(16-18(38)2)24(40)11-6-12-31/h4-11,15,18H,12-14,16H2,1-3H3/b11-6+/t18-/m0/s1. The van der Waals surface area contributed by atoms with Gasteiger partial charge in [0.25, 0.3) is 0 Å². The van der Waals surface area contributed by atoms with Gasteiger partial charge in [-0.15, -0.1) is 0 Å². The number of halogens is 4. The van der Waals surface area contributed by atoms with Crippen LogP contribution in [-0.2, 0) is 14.6 Å². The SMILES string of the molecule is Cc1cccc(S(C)(=O)=O)c1-n1c(=O)nc(N2CCN(C(=O)/C=C/CF)C[C@@H]2C)c2cc(F)c(-c3c(F)cccc3F)nc21. The fourth-order valence-corrected chi connectivity index (χ4v) is 6.30. The van der Waals surface area contributed by atoms with Crippen molar-refractivity contribution in [2.24, 2.45) is 0 Å². The van der Waals surface area contributed by atoms with Crippen molar-refractivity contribution in [2.75, 3.05) is 37.5 Å². The maximum Gasteiger partial charge on any atom is 0.355 e. The predicted octanol–water partition coefficient (Wildman–Crippen LogP) is 4.14. The number of carbonyl (C=O) groups excluding carboxylic acids is 1. The summed E-state index contributed by atoms with van der Waals surface area (Å²) in [6, 6.07) is 7.81. The van der Waals surface area contributed by atoms with Crippen LogP contribution in [0.3, 0.4) is 0 Å². The van der Waals surface area contributed by atoms with Crippen LogP contribution in [0.15, 0.2) is 64.3 Å². The highest BCUT2D eigenvalue weighted by Gasteiger charge is 2.31. The molecule has 1 fully saturated rings. The molecule has 0 unspecified atom stereocenters. The first-order valence-corrected chi connectivity index (χ1v) is 15.4. The normalized spacial score (nSPS) is 15.8. The van der Waals surface area contributed by atoms with Gasteiger partial charge in [-0.2, -0.15) is 4.98 Å². The average Bonchev–Trinajstić information content (AvgIpc) is 2.96. The number of carbonyl (C=O) groups is 1. The molecule has 0 bridgehead atoms. The zero-order chi connectivity index (χ0) is 31.9. The Balaban J connectivity index is 1.80. The van der Waals surface area contributed by atoms with Gasteiger partial charge in [0.2, 0.25) is 5.91 Å². The van der Waals surface area contributed by atoms with E-state index in [-0.39, 0.29) is 47.1 Å². The van der Waals surface area contributed by atoms with Crippen molar-refractivity contribution in [3.63, 3.8) is 0 Å². The summed E-state index contributed by atoms with van der Waals surface area (Å²) in [5.74, 6) is -3.72. The Morgan fingerprint density at radius 2 is 1.73 bits per heavy atom. The number of pyridine rings is 1. The second-order valence-electron chi connectivity index (χ2n) is 10.4. The summed E-state index contributed by atoms with van der Waals surface area (Å²) >= 11 is 0. The number of allylic oxidation sites excluding steroid dienone is 1. The van der Waals surface area contributed by atoms with Crippen LogP contribution in [0.25, 0.3) is 28.0 Å². The number of hydrogen-bond acceptors (Lipinski definition) is 7. The van der Waals surface area contributed by atoms with Crippen molar-refractivity contribution in [3.8, 4) is 16.9 Å². The van der Waals surface area contributed by atoms with E-state index in [1.807, 2.05) is 0 Å². The number of para-hydroxylation sites is 1. The van der Waals surface area contributed by atoms with Crippen molar-refractivity contribution in [1.82, 2.24) is 19.4 Å². The maximum absolute atomic E-state index is 15.8. The van der Waals surface area contributed by atoms with Crippen LogP contribution in [0.5, 0.6) is 0 Å². The van der Waals surface area contributed by atoms with Crippen molar-refractivity contribution in [2.45, 2.75) is 24.8 Å². The fourth-order valence-electron chi connectivity index (χ4n) is 5.37. The van der Waals surface area contributed by atoms with Gasteiger partial charge in [-0.3, -0.25) is 4.79 Å². The second-order valence-corrected chi connectivity index (χ2v) is 12.4. The molecule has 0 spiro atoms. The molecule has 1 aliphatic rings. The molecule has 4 aromatic rings. The van der Waals surface area contributed by atoms with Gasteiger partial charge in [0.15, 0.2) is 21.3 Å². The number of fused-ring (bicyclic) bond motifs is 1. The van der Waals surface area contributed by atoms with E-state index in [0.717, 1.165) is 47.2 Å². The lowest BCUT2D eigenvalue weighted by molar-refractivity contribution is -0.126. The molecule has 2 aromatic heterocycles. The van der Waals surface area contributed by atoms with E-state index in [4.69, 9.17) is 0 Å². The summed E-state index contributed by atoms with van der Waals surface area (Å²) in [4.78, 5) is 37.7. The van der Waals surface area contributed by atoms with Crippen LogP contribution < -0.4 is 10.6 Å². The van der Waals surface area contributed by atoms with E-state index in [9.17, 15) is 31.2 Å². The van der Waals surface area contributed by atoms with Gasteiger partial charge in [0.1, 0.15) is 29.8 Å². The van der Waals surface area contributed by atoms with E-state index in [0.29, 0.717) is 5.56 Å². The number of rotatable bonds is 6. The van der Waals surface area contributed by atoms with Crippen LogP contribution in [0, 0.1) is 24.4 Å². The molecule has 1 saturated heterocycles. The first-order chi connectivity index (χ1) is 20.8. The molecule has 1 atom stereocenters. The highest BCUT2D eigenvalue weighted by molar-refractivity contribution is 7.90. The van der Waals surface area contributed by atoms with E-state index < -0.39 is 62.9 Å². The molecule has 14 heteroatoms. The highest BCUT2D eigenvalue weighted by atomic mass is 32.2. The molecule has 0 saturated carbocycles. The van der Waals surface area contributed by atoms with Crippen LogP contribution in [0.1, 0.15) is 12.5 Å². The smallest absolute Gasteiger partial charge is 0.350 e. The molecule has 3 heterocycles. The zero-order valence-corrected chi connectivity index (χ0v) is 24.7. The minimum atomic E-state index is -3.92. The number of piperazine rings is 1. The summed E-state index contributed by atoms with van der Waals surface area (Å²) in [5, 5.41) is -0.0331. The van der Waals surface area contributed by atoms with Gasteiger partial charge in [-0.05, 0) is 49.8 Å². The monoisotopic (exact) mass is 629 g/mol. The Bertz CT molecular complexity index is 1980. The van der Waals surface area contributed by atoms with E-state index >= 15 is 4.39 Å². The Hall–Kier alpha value is -4.59. The summed E-state index contributed by atoms with van der Waals surface area (Å²) in [6.45, 7) is 2.97. The lowest BCUT2D eigenvalue weighted by Gasteiger charge is -2.40. The highest BCUT2D eigenvalue weighted by Crippen LogP contribution is 2.34. The lowest BCUT2D eigenvalue weighted by atomic mass is 10.1. The number of aromatic nitrogens is 3. The molecule has 44 heavy (non-hydrogen) atoms. The van der Waals surface area contributed by atoms with Crippen molar-refractivity contribution >= 4 is 32.6 Å². The van der Waals surface area contributed by atoms with Gasteiger partial charge in [-0.1, -0.05) is 18.2 Å². The Morgan fingerprint density at radius 1 is 1.05 bits per heavy atom. The van der Waals surface area contributed by atoms with Gasteiger partial charge in [0.05, 0.1) is 21.5 Å². The summed E-state index contributed by atoms with van der Waals surface area (Å²) in [7, 11) is -3.92. The molecule has 0 aliphatic carbocycles. The number of hydrogen-bond donors (Lipinski definition) is 0. The quantitative estimate of drug-likeness (QED) is 0.233. The molecular weight excluding hydrogens is 602 g/mol. The molecule has 0 radical (unpaired) electrons. The number of sulfone groups is 1. The van der Waals surface area contributed by atoms with Gasteiger partial charge < -0.3 is 9.80 Å². The molecule has 5 rings (SSSR count). The number of amides is 1. The lowest BCUT2D eigenvalue weighted by Crippen LogP contribution is -2.54. The summed E-state index contributed by atoms with van der Waals surface area (Å²) in [5.41, 5.74) is -2.49. The van der Waals surface area contributed by atoms with Gasteiger partial charge in [-0.25, -0.2) is 40.3 Å². The Kier molecular flexibility index (Phi) is 8.30. The van der Waals surface area contributed by atoms with E-state index in [1.165, 1.54) is 17.0 Å². The summed E-state index contributed by atoms with van der Waals surface area (Å²) < 4.78 is 84.4. The average molecular weight is 630 g/mol. The predicted molar refractivity (Wildman–Crippen MR) is 157 cm³/mol. The number of nitrogens with zero attached hydrogens (tertiary/aromatic N) is 5.